The monoisotopic (exact) mass is 271 g/mol. The van der Waals surface area contributed by atoms with Gasteiger partial charge >= 0.3 is 0 Å². The molecule has 0 amide bonds. The first kappa shape index (κ1) is 13.0. The van der Waals surface area contributed by atoms with Crippen LogP contribution in [0, 0.1) is 5.82 Å². The SMILES string of the molecule is CC(Cc1ccc(O)cc1)N1CCc2ccc(F)cc21. The molecular weight excluding hydrogens is 253 g/mol. The Kier molecular flexibility index (Phi) is 3.35. The Hall–Kier alpha value is -2.03. The summed E-state index contributed by atoms with van der Waals surface area (Å²) < 4.78 is 13.4. The molecule has 1 aliphatic rings. The Labute approximate surface area is 118 Å². The van der Waals surface area contributed by atoms with E-state index >= 15 is 0 Å². The number of halogens is 1. The lowest BCUT2D eigenvalue weighted by Crippen LogP contribution is -2.33. The molecule has 104 valence electrons. The fourth-order valence-electron chi connectivity index (χ4n) is 2.92. The molecule has 0 aromatic heterocycles. The van der Waals surface area contributed by atoms with Gasteiger partial charge < -0.3 is 10.0 Å². The fraction of sp³-hybridized carbons (Fsp3) is 0.294. The first-order valence-corrected chi connectivity index (χ1v) is 6.96. The molecule has 1 N–H and O–H groups in total. The van der Waals surface area contributed by atoms with Crippen LogP contribution in [0.1, 0.15) is 18.1 Å². The van der Waals surface area contributed by atoms with Crippen molar-refractivity contribution in [3.8, 4) is 5.75 Å². The summed E-state index contributed by atoms with van der Waals surface area (Å²) in [6.07, 6.45) is 1.87. The average molecular weight is 271 g/mol. The third-order valence-electron chi connectivity index (χ3n) is 3.98. The van der Waals surface area contributed by atoms with Gasteiger partial charge in [0.1, 0.15) is 11.6 Å². The summed E-state index contributed by atoms with van der Waals surface area (Å²) in [4.78, 5) is 2.27. The summed E-state index contributed by atoms with van der Waals surface area (Å²) in [5, 5.41) is 9.31. The van der Waals surface area contributed by atoms with Crippen molar-refractivity contribution >= 4 is 5.69 Å². The molecule has 2 aromatic rings. The van der Waals surface area contributed by atoms with Crippen LogP contribution >= 0.6 is 0 Å². The molecule has 3 heteroatoms. The molecule has 0 radical (unpaired) electrons. The van der Waals surface area contributed by atoms with Crippen LogP contribution in [0.3, 0.4) is 0 Å². The second-order valence-corrected chi connectivity index (χ2v) is 5.44. The van der Waals surface area contributed by atoms with Gasteiger partial charge in [-0.15, -0.1) is 0 Å². The maximum atomic E-state index is 13.4. The summed E-state index contributed by atoms with van der Waals surface area (Å²) in [6.45, 7) is 3.10. The minimum absolute atomic E-state index is 0.174. The lowest BCUT2D eigenvalue weighted by molar-refractivity contribution is 0.475. The Morgan fingerprint density at radius 3 is 2.70 bits per heavy atom. The van der Waals surface area contributed by atoms with Gasteiger partial charge in [0.15, 0.2) is 0 Å². The van der Waals surface area contributed by atoms with Gasteiger partial charge in [0, 0.05) is 18.3 Å². The topological polar surface area (TPSA) is 23.5 Å². The van der Waals surface area contributed by atoms with Crippen LogP contribution in [0.25, 0.3) is 0 Å². The highest BCUT2D eigenvalue weighted by Gasteiger charge is 2.23. The summed E-state index contributed by atoms with van der Waals surface area (Å²) in [5.41, 5.74) is 3.43. The summed E-state index contributed by atoms with van der Waals surface area (Å²) in [7, 11) is 0. The fourth-order valence-corrected chi connectivity index (χ4v) is 2.92. The minimum Gasteiger partial charge on any atom is -0.508 e. The number of nitrogens with zero attached hydrogens (tertiary/aromatic N) is 1. The highest BCUT2D eigenvalue weighted by atomic mass is 19.1. The van der Waals surface area contributed by atoms with E-state index in [1.54, 1.807) is 18.2 Å². The standard InChI is InChI=1S/C17H18FNO/c1-12(10-13-2-6-16(20)7-3-13)19-9-8-14-4-5-15(18)11-17(14)19/h2-7,11-12,20H,8-10H2,1H3. The van der Waals surface area contributed by atoms with E-state index in [1.807, 2.05) is 18.2 Å². The smallest absolute Gasteiger partial charge is 0.125 e. The second-order valence-electron chi connectivity index (χ2n) is 5.44. The maximum Gasteiger partial charge on any atom is 0.125 e. The molecule has 1 atom stereocenters. The van der Waals surface area contributed by atoms with Gasteiger partial charge in [0.2, 0.25) is 0 Å². The van der Waals surface area contributed by atoms with Gasteiger partial charge in [-0.25, -0.2) is 4.39 Å². The molecule has 0 saturated carbocycles. The van der Waals surface area contributed by atoms with Crippen LogP contribution in [-0.2, 0) is 12.8 Å². The van der Waals surface area contributed by atoms with Crippen molar-refractivity contribution in [3.63, 3.8) is 0 Å². The predicted octanol–water partition coefficient (Wildman–Crippen LogP) is 3.53. The van der Waals surface area contributed by atoms with Gasteiger partial charge in [-0.05, 0) is 55.2 Å². The molecule has 2 aromatic carbocycles. The number of phenolic OH excluding ortho intramolecular Hbond substituents is 1. The van der Waals surface area contributed by atoms with Crippen molar-refractivity contribution in [2.75, 3.05) is 11.4 Å². The number of aromatic hydroxyl groups is 1. The third kappa shape index (κ3) is 2.48. The van der Waals surface area contributed by atoms with Crippen molar-refractivity contribution in [2.45, 2.75) is 25.8 Å². The van der Waals surface area contributed by atoms with E-state index in [-0.39, 0.29) is 11.6 Å². The molecule has 0 aliphatic carbocycles. The van der Waals surface area contributed by atoms with Crippen molar-refractivity contribution in [3.05, 3.63) is 59.4 Å². The number of hydrogen-bond donors (Lipinski definition) is 1. The second kappa shape index (κ2) is 5.16. The first-order chi connectivity index (χ1) is 9.63. The Balaban J connectivity index is 1.78. The molecule has 0 fully saturated rings. The van der Waals surface area contributed by atoms with Crippen LogP contribution < -0.4 is 4.90 Å². The van der Waals surface area contributed by atoms with E-state index in [4.69, 9.17) is 0 Å². The summed E-state index contributed by atoms with van der Waals surface area (Å²) in [5.74, 6) is 0.113. The Morgan fingerprint density at radius 1 is 1.20 bits per heavy atom. The number of fused-ring (bicyclic) bond motifs is 1. The highest BCUT2D eigenvalue weighted by molar-refractivity contribution is 5.59. The molecule has 3 rings (SSSR count). The van der Waals surface area contributed by atoms with Crippen LogP contribution in [0.15, 0.2) is 42.5 Å². The van der Waals surface area contributed by atoms with Crippen molar-refractivity contribution in [1.29, 1.82) is 0 Å². The van der Waals surface area contributed by atoms with Crippen LogP contribution in [0.2, 0.25) is 0 Å². The maximum absolute atomic E-state index is 13.4. The molecule has 1 unspecified atom stereocenters. The summed E-state index contributed by atoms with van der Waals surface area (Å²) in [6, 6.07) is 12.7. The zero-order valence-corrected chi connectivity index (χ0v) is 11.5. The normalized spacial score (nSPS) is 15.2. The first-order valence-electron chi connectivity index (χ1n) is 6.96. The molecule has 1 heterocycles. The predicted molar refractivity (Wildman–Crippen MR) is 78.7 cm³/mol. The van der Waals surface area contributed by atoms with Gasteiger partial charge in [0.05, 0.1) is 0 Å². The molecule has 0 bridgehead atoms. The van der Waals surface area contributed by atoms with Crippen molar-refractivity contribution in [2.24, 2.45) is 0 Å². The van der Waals surface area contributed by atoms with Crippen molar-refractivity contribution in [1.82, 2.24) is 0 Å². The average Bonchev–Trinajstić information content (AvgIpc) is 2.84. The number of hydrogen-bond acceptors (Lipinski definition) is 2. The molecule has 20 heavy (non-hydrogen) atoms. The van der Waals surface area contributed by atoms with E-state index < -0.39 is 0 Å². The summed E-state index contributed by atoms with van der Waals surface area (Å²) >= 11 is 0. The van der Waals surface area contributed by atoms with E-state index in [1.165, 1.54) is 17.2 Å². The number of anilines is 1. The quantitative estimate of drug-likeness (QED) is 0.923. The zero-order chi connectivity index (χ0) is 14.1. The molecule has 0 spiro atoms. The highest BCUT2D eigenvalue weighted by Crippen LogP contribution is 2.31. The van der Waals surface area contributed by atoms with E-state index in [0.717, 1.165) is 25.1 Å². The van der Waals surface area contributed by atoms with E-state index in [2.05, 4.69) is 11.8 Å². The molecule has 1 aliphatic heterocycles. The largest absolute Gasteiger partial charge is 0.508 e. The number of rotatable bonds is 3. The van der Waals surface area contributed by atoms with Crippen molar-refractivity contribution < 1.29 is 9.50 Å². The number of phenols is 1. The van der Waals surface area contributed by atoms with E-state index in [9.17, 15) is 9.50 Å². The van der Waals surface area contributed by atoms with E-state index in [0.29, 0.717) is 6.04 Å². The lowest BCUT2D eigenvalue weighted by Gasteiger charge is -2.27. The zero-order valence-electron chi connectivity index (χ0n) is 11.5. The number of benzene rings is 2. The van der Waals surface area contributed by atoms with Gasteiger partial charge in [0.25, 0.3) is 0 Å². The third-order valence-corrected chi connectivity index (χ3v) is 3.98. The lowest BCUT2D eigenvalue weighted by atomic mass is 10.1. The van der Waals surface area contributed by atoms with Crippen LogP contribution in [0.5, 0.6) is 5.75 Å². The minimum atomic E-state index is -0.174. The molecule has 2 nitrogen and oxygen atoms in total. The molecular formula is C17H18FNO. The Morgan fingerprint density at radius 2 is 1.95 bits per heavy atom. The van der Waals surface area contributed by atoms with Crippen LogP contribution in [0.4, 0.5) is 10.1 Å². The van der Waals surface area contributed by atoms with Crippen LogP contribution in [-0.4, -0.2) is 17.7 Å². The van der Waals surface area contributed by atoms with Gasteiger partial charge in [-0.2, -0.15) is 0 Å². The molecule has 0 saturated heterocycles. The van der Waals surface area contributed by atoms with Gasteiger partial charge in [-0.3, -0.25) is 0 Å². The van der Waals surface area contributed by atoms with Gasteiger partial charge in [-0.1, -0.05) is 18.2 Å². The Bertz CT molecular complexity index is 609.